The van der Waals surface area contributed by atoms with Crippen LogP contribution in [0, 0.1) is 23.0 Å². The van der Waals surface area contributed by atoms with Gasteiger partial charge in [0.05, 0.1) is 35.7 Å². The van der Waals surface area contributed by atoms with Crippen molar-refractivity contribution in [3.05, 3.63) is 143 Å². The minimum atomic E-state index is -3.29. The van der Waals surface area contributed by atoms with Gasteiger partial charge in [-0.25, -0.2) is 25.6 Å². The molecule has 0 atom stereocenters. The van der Waals surface area contributed by atoms with Crippen molar-refractivity contribution >= 4 is 60.1 Å². The maximum atomic E-state index is 13.5. The molecule has 13 nitrogen and oxygen atoms in total. The third kappa shape index (κ3) is 8.58. The SMILES string of the molecule is Cn1cc2c(c1C#N)CC(=O)N(c1ccc(F)cc1)c1ccc(CS(C)(=O)=O)cc1-2.Cn1cc2c(c1C(N)=O)CC(=O)N(c1ccc(F)cc1)c1ccc(CS(C)(=O)=O)cc1-2. The molecule has 2 aliphatic heterocycles. The Bertz CT molecular complexity index is 3060. The monoisotopic (exact) mass is 864 g/mol. The van der Waals surface area contributed by atoms with Gasteiger partial charge in [-0.15, -0.1) is 0 Å². The van der Waals surface area contributed by atoms with Crippen LogP contribution in [0.4, 0.5) is 31.5 Å². The molecular weight excluding hydrogens is 827 g/mol. The number of sulfone groups is 2. The van der Waals surface area contributed by atoms with E-state index in [2.05, 4.69) is 6.07 Å². The first kappa shape index (κ1) is 42.2. The van der Waals surface area contributed by atoms with Gasteiger partial charge in [-0.2, -0.15) is 5.26 Å². The van der Waals surface area contributed by atoms with Crippen LogP contribution in [0.3, 0.4) is 0 Å². The fraction of sp³-hybridized carbons (Fsp3) is 0.182. The quantitative estimate of drug-likeness (QED) is 0.198. The van der Waals surface area contributed by atoms with Crippen molar-refractivity contribution < 1.29 is 40.0 Å². The van der Waals surface area contributed by atoms with Gasteiger partial charge in [0.25, 0.3) is 5.91 Å². The number of aryl methyl sites for hydroxylation is 2. The zero-order valence-electron chi connectivity index (χ0n) is 33.3. The molecule has 0 fully saturated rings. The van der Waals surface area contributed by atoms with Gasteiger partial charge in [-0.05, 0) is 83.9 Å². The van der Waals surface area contributed by atoms with Crippen LogP contribution in [0.1, 0.15) is 38.4 Å². The smallest absolute Gasteiger partial charge is 0.265 e. The Labute approximate surface area is 350 Å². The van der Waals surface area contributed by atoms with Gasteiger partial charge in [-0.1, -0.05) is 12.1 Å². The van der Waals surface area contributed by atoms with E-state index in [1.807, 2.05) is 0 Å². The Morgan fingerprint density at radius 1 is 0.656 bits per heavy atom. The fourth-order valence-corrected chi connectivity index (χ4v) is 9.46. The van der Waals surface area contributed by atoms with Gasteiger partial charge < -0.3 is 14.9 Å². The Morgan fingerprint density at radius 2 is 1.07 bits per heavy atom. The summed E-state index contributed by atoms with van der Waals surface area (Å²) in [6, 6.07) is 23.4. The number of nitrogens with zero attached hydrogens (tertiary/aromatic N) is 5. The molecule has 0 saturated heterocycles. The van der Waals surface area contributed by atoms with E-state index in [0.29, 0.717) is 73.0 Å². The van der Waals surface area contributed by atoms with Crippen LogP contribution >= 0.6 is 0 Å². The Balaban J connectivity index is 0.000000184. The van der Waals surface area contributed by atoms with Gasteiger partial charge in [0.2, 0.25) is 11.8 Å². The molecule has 3 amide bonds. The van der Waals surface area contributed by atoms with Crippen molar-refractivity contribution in [1.82, 2.24) is 9.13 Å². The first-order chi connectivity index (χ1) is 28.7. The van der Waals surface area contributed by atoms with Crippen molar-refractivity contribution in [2.45, 2.75) is 24.3 Å². The lowest BCUT2D eigenvalue weighted by Crippen LogP contribution is -2.28. The predicted molar refractivity (Wildman–Crippen MR) is 227 cm³/mol. The highest BCUT2D eigenvalue weighted by Gasteiger charge is 2.33. The van der Waals surface area contributed by atoms with E-state index in [4.69, 9.17) is 5.73 Å². The number of rotatable bonds is 7. The van der Waals surface area contributed by atoms with E-state index >= 15 is 0 Å². The second kappa shape index (κ2) is 15.9. The average molecular weight is 865 g/mol. The lowest BCUT2D eigenvalue weighted by atomic mass is 9.99. The molecule has 61 heavy (non-hydrogen) atoms. The van der Waals surface area contributed by atoms with Crippen molar-refractivity contribution in [2.24, 2.45) is 19.8 Å². The summed E-state index contributed by atoms with van der Waals surface area (Å²) in [5, 5.41) is 9.59. The van der Waals surface area contributed by atoms with Crippen LogP contribution in [0.15, 0.2) is 97.3 Å². The number of primary amides is 1. The molecule has 0 spiro atoms. The third-order valence-corrected chi connectivity index (χ3v) is 12.0. The molecule has 2 aliphatic rings. The molecule has 0 unspecified atom stereocenters. The molecule has 0 saturated carbocycles. The van der Waals surface area contributed by atoms with E-state index in [1.165, 1.54) is 58.3 Å². The lowest BCUT2D eigenvalue weighted by Gasteiger charge is -2.24. The van der Waals surface area contributed by atoms with Crippen molar-refractivity contribution in [1.29, 1.82) is 5.26 Å². The number of fused-ring (bicyclic) bond motifs is 6. The van der Waals surface area contributed by atoms with Crippen LogP contribution in [0.5, 0.6) is 0 Å². The molecule has 0 bridgehead atoms. The minimum Gasteiger partial charge on any atom is -0.364 e. The summed E-state index contributed by atoms with van der Waals surface area (Å²) in [6.07, 6.45) is 5.69. The van der Waals surface area contributed by atoms with Crippen molar-refractivity contribution in [3.63, 3.8) is 0 Å². The minimum absolute atomic E-state index is 0.00741. The molecular formula is C44H38F2N6O7S2. The third-order valence-electron chi connectivity index (χ3n) is 10.3. The average Bonchev–Trinajstić information content (AvgIpc) is 3.59. The summed E-state index contributed by atoms with van der Waals surface area (Å²) in [5.41, 5.74) is 12.9. The van der Waals surface area contributed by atoms with Crippen molar-refractivity contribution in [3.8, 4) is 28.3 Å². The summed E-state index contributed by atoms with van der Waals surface area (Å²) in [7, 11) is -3.15. The normalized spacial score (nSPS) is 13.5. The number of carbonyl (C=O) groups excluding carboxylic acids is 3. The fourth-order valence-electron chi connectivity index (χ4n) is 7.89. The number of aromatic nitrogens is 2. The highest BCUT2D eigenvalue weighted by atomic mass is 32.2. The lowest BCUT2D eigenvalue weighted by molar-refractivity contribution is -0.118. The maximum absolute atomic E-state index is 13.5. The molecule has 312 valence electrons. The summed E-state index contributed by atoms with van der Waals surface area (Å²) >= 11 is 0. The molecule has 0 radical (unpaired) electrons. The highest BCUT2D eigenvalue weighted by molar-refractivity contribution is 7.90. The number of nitrogens with two attached hydrogens (primary N) is 1. The van der Waals surface area contributed by atoms with E-state index in [9.17, 15) is 45.3 Å². The van der Waals surface area contributed by atoms with Gasteiger partial charge >= 0.3 is 0 Å². The number of anilines is 4. The predicted octanol–water partition coefficient (Wildman–Crippen LogP) is 6.16. The summed E-state index contributed by atoms with van der Waals surface area (Å²) in [5.74, 6) is -2.42. The number of carbonyl (C=O) groups is 3. The highest BCUT2D eigenvalue weighted by Crippen LogP contribution is 2.44. The molecule has 2 N–H and O–H groups in total. The second-order valence-corrected chi connectivity index (χ2v) is 19.3. The van der Waals surface area contributed by atoms with Gasteiger partial charge in [0, 0.05) is 83.8 Å². The largest absolute Gasteiger partial charge is 0.364 e. The van der Waals surface area contributed by atoms with Gasteiger partial charge in [-0.3, -0.25) is 24.2 Å². The van der Waals surface area contributed by atoms with Crippen LogP contribution in [-0.4, -0.2) is 56.2 Å². The zero-order valence-corrected chi connectivity index (χ0v) is 34.9. The zero-order chi connectivity index (χ0) is 44.1. The second-order valence-electron chi connectivity index (χ2n) is 15.0. The Morgan fingerprint density at radius 3 is 1.48 bits per heavy atom. The molecule has 4 heterocycles. The molecule has 17 heteroatoms. The van der Waals surface area contributed by atoms with E-state index < -0.39 is 37.2 Å². The molecule has 6 aromatic rings. The number of hydrogen-bond acceptors (Lipinski definition) is 8. The molecule has 8 rings (SSSR count). The van der Waals surface area contributed by atoms with Crippen LogP contribution in [0.2, 0.25) is 0 Å². The van der Waals surface area contributed by atoms with Crippen LogP contribution in [-0.2, 0) is 67.7 Å². The molecule has 2 aromatic heterocycles. The van der Waals surface area contributed by atoms with Crippen LogP contribution in [0.25, 0.3) is 22.3 Å². The first-order valence-corrected chi connectivity index (χ1v) is 22.7. The summed E-state index contributed by atoms with van der Waals surface area (Å²) in [6.45, 7) is 0. The van der Waals surface area contributed by atoms with Crippen molar-refractivity contribution in [2.75, 3.05) is 22.3 Å². The molecule has 4 aromatic carbocycles. The number of amides is 3. The summed E-state index contributed by atoms with van der Waals surface area (Å²) in [4.78, 5) is 41.6. The Kier molecular flexibility index (Phi) is 11.0. The number of nitriles is 1. The Hall–Kier alpha value is -6.90. The summed E-state index contributed by atoms with van der Waals surface area (Å²) < 4.78 is 77.4. The number of benzene rings is 4. The number of halogens is 2. The topological polar surface area (TPSA) is 186 Å². The maximum Gasteiger partial charge on any atom is 0.265 e. The van der Waals surface area contributed by atoms with E-state index in [1.54, 1.807) is 72.0 Å². The standard InChI is InChI=1S/C22H20FN3O4S.C22H18FN3O3S/c1-25-11-18-16-9-13(12-31(2,29)30)3-8-19(16)26(15-6-4-14(23)5-7-15)20(27)10-17(18)21(25)22(24)28;1-25-12-19-17-9-14(13-30(2,28)29)3-8-20(17)26(16-6-4-15(23)5-7-16)22(27)10-18(19)21(25)11-24/h3-9,11H,10,12H2,1-2H3,(H2,24,28);3-9,12H,10,13H2,1-2H3. The van der Waals surface area contributed by atoms with Gasteiger partial charge in [0.1, 0.15) is 29.1 Å². The van der Waals surface area contributed by atoms with Gasteiger partial charge in [0.15, 0.2) is 19.7 Å². The molecule has 0 aliphatic carbocycles. The van der Waals surface area contributed by atoms with Crippen LogP contribution < -0.4 is 15.5 Å². The van der Waals surface area contributed by atoms with E-state index in [0.717, 1.165) is 12.5 Å². The number of hydrogen-bond donors (Lipinski definition) is 1. The van der Waals surface area contributed by atoms with E-state index in [-0.39, 0.29) is 41.9 Å². The first-order valence-electron chi connectivity index (χ1n) is 18.6.